The van der Waals surface area contributed by atoms with E-state index in [0.717, 1.165) is 44.6 Å². The third-order valence-electron chi connectivity index (χ3n) is 4.36. The minimum absolute atomic E-state index is 0.0694. The average molecular weight is 328 g/mol. The van der Waals surface area contributed by atoms with E-state index < -0.39 is 0 Å². The zero-order chi connectivity index (χ0) is 16.8. The van der Waals surface area contributed by atoms with Gasteiger partial charge in [-0.05, 0) is 43.5 Å². The van der Waals surface area contributed by atoms with Crippen LogP contribution >= 0.6 is 0 Å². The van der Waals surface area contributed by atoms with E-state index >= 15 is 0 Å². The summed E-state index contributed by atoms with van der Waals surface area (Å²) in [7, 11) is 0. The zero-order valence-electron chi connectivity index (χ0n) is 14.1. The van der Waals surface area contributed by atoms with Gasteiger partial charge in [-0.25, -0.2) is 9.67 Å². The maximum absolute atomic E-state index is 12.7. The lowest BCUT2D eigenvalue weighted by Gasteiger charge is -2.32. The van der Waals surface area contributed by atoms with Gasteiger partial charge in [-0.3, -0.25) is 4.79 Å². The molecule has 128 valence electrons. The molecule has 1 fully saturated rings. The Labute approximate surface area is 142 Å². The Hall–Kier alpha value is -2.37. The van der Waals surface area contributed by atoms with Crippen molar-refractivity contribution < 1.29 is 9.53 Å². The Bertz CT molecular complexity index is 640. The van der Waals surface area contributed by atoms with E-state index in [0.29, 0.717) is 12.1 Å². The summed E-state index contributed by atoms with van der Waals surface area (Å²) in [6, 6.07) is 7.66. The lowest BCUT2D eigenvalue weighted by molar-refractivity contribution is 0.0672. The second-order valence-electron chi connectivity index (χ2n) is 6.15. The molecule has 2 heterocycles. The van der Waals surface area contributed by atoms with Gasteiger partial charge in [-0.15, -0.1) is 0 Å². The Balaban J connectivity index is 1.61. The summed E-state index contributed by atoms with van der Waals surface area (Å²) in [5, 5.41) is 4.20. The molecule has 1 aliphatic heterocycles. The monoisotopic (exact) mass is 328 g/mol. The molecule has 6 nitrogen and oxygen atoms in total. The standard InChI is InChI=1S/C18H24N4O2/c1-2-3-11-24-17-8-6-15(7-9-17)18(23)21-10-4-5-16(12-21)22-14-19-13-20-22/h6-9,13-14,16H,2-5,10-12H2,1H3/t16-/m1/s1. The number of benzene rings is 1. The van der Waals surface area contributed by atoms with Gasteiger partial charge in [0.2, 0.25) is 0 Å². The molecule has 0 unspecified atom stereocenters. The summed E-state index contributed by atoms with van der Waals surface area (Å²) < 4.78 is 7.50. The number of amides is 1. The fourth-order valence-electron chi connectivity index (χ4n) is 2.97. The van der Waals surface area contributed by atoms with Gasteiger partial charge in [0.25, 0.3) is 5.91 Å². The van der Waals surface area contributed by atoms with Crippen molar-refractivity contribution in [2.24, 2.45) is 0 Å². The van der Waals surface area contributed by atoms with Crippen LogP contribution in [0.15, 0.2) is 36.9 Å². The van der Waals surface area contributed by atoms with Crippen LogP contribution in [0.2, 0.25) is 0 Å². The summed E-state index contributed by atoms with van der Waals surface area (Å²) in [5.74, 6) is 0.888. The number of unbranched alkanes of at least 4 members (excludes halogenated alkanes) is 1. The van der Waals surface area contributed by atoms with Crippen LogP contribution < -0.4 is 4.74 Å². The van der Waals surface area contributed by atoms with Gasteiger partial charge in [0.1, 0.15) is 18.4 Å². The summed E-state index contributed by atoms with van der Waals surface area (Å²) in [5.41, 5.74) is 0.706. The predicted molar refractivity (Wildman–Crippen MR) is 91.0 cm³/mol. The predicted octanol–water partition coefficient (Wildman–Crippen LogP) is 2.93. The summed E-state index contributed by atoms with van der Waals surface area (Å²) >= 11 is 0. The van der Waals surface area contributed by atoms with E-state index in [1.54, 1.807) is 6.33 Å². The Morgan fingerprint density at radius 3 is 2.88 bits per heavy atom. The number of rotatable bonds is 6. The zero-order valence-corrected chi connectivity index (χ0v) is 14.1. The second kappa shape index (κ2) is 7.95. The number of likely N-dealkylation sites (tertiary alicyclic amines) is 1. The first-order valence-electron chi connectivity index (χ1n) is 8.64. The van der Waals surface area contributed by atoms with Crippen molar-refractivity contribution in [2.45, 2.75) is 38.6 Å². The number of carbonyl (C=O) groups excluding carboxylic acids is 1. The highest BCUT2D eigenvalue weighted by Crippen LogP contribution is 2.22. The van der Waals surface area contributed by atoms with Crippen LogP contribution in [0.5, 0.6) is 5.75 Å². The van der Waals surface area contributed by atoms with Crippen LogP contribution in [0.1, 0.15) is 49.0 Å². The number of hydrogen-bond acceptors (Lipinski definition) is 4. The molecule has 0 N–H and O–H groups in total. The van der Waals surface area contributed by atoms with Crippen molar-refractivity contribution >= 4 is 5.91 Å². The molecule has 0 aliphatic carbocycles. The number of carbonyl (C=O) groups is 1. The first kappa shape index (κ1) is 16.5. The van der Waals surface area contributed by atoms with E-state index in [-0.39, 0.29) is 11.9 Å². The number of aromatic nitrogens is 3. The van der Waals surface area contributed by atoms with E-state index in [4.69, 9.17) is 4.74 Å². The molecule has 0 spiro atoms. The van der Waals surface area contributed by atoms with Crippen molar-refractivity contribution in [3.8, 4) is 5.75 Å². The van der Waals surface area contributed by atoms with Crippen LogP contribution in [0, 0.1) is 0 Å². The van der Waals surface area contributed by atoms with Crippen LogP contribution in [0.4, 0.5) is 0 Å². The molecule has 1 aromatic heterocycles. The van der Waals surface area contributed by atoms with E-state index in [1.807, 2.05) is 33.8 Å². The molecule has 1 aliphatic rings. The largest absolute Gasteiger partial charge is 0.494 e. The first-order chi connectivity index (χ1) is 11.8. The summed E-state index contributed by atoms with van der Waals surface area (Å²) in [4.78, 5) is 18.6. The fourth-order valence-corrected chi connectivity index (χ4v) is 2.97. The maximum atomic E-state index is 12.7. The molecular weight excluding hydrogens is 304 g/mol. The number of piperidine rings is 1. The molecule has 0 bridgehead atoms. The van der Waals surface area contributed by atoms with Gasteiger partial charge in [-0.2, -0.15) is 5.10 Å². The quantitative estimate of drug-likeness (QED) is 0.765. The van der Waals surface area contributed by atoms with Crippen molar-refractivity contribution in [2.75, 3.05) is 19.7 Å². The Kier molecular flexibility index (Phi) is 5.46. The third kappa shape index (κ3) is 3.93. The van der Waals surface area contributed by atoms with Gasteiger partial charge in [0.05, 0.1) is 12.6 Å². The maximum Gasteiger partial charge on any atom is 0.253 e. The molecule has 0 saturated carbocycles. The topological polar surface area (TPSA) is 60.2 Å². The first-order valence-corrected chi connectivity index (χ1v) is 8.64. The minimum atomic E-state index is 0.0694. The molecule has 1 saturated heterocycles. The van der Waals surface area contributed by atoms with Crippen molar-refractivity contribution in [1.29, 1.82) is 0 Å². The van der Waals surface area contributed by atoms with Crippen molar-refractivity contribution in [3.63, 3.8) is 0 Å². The highest BCUT2D eigenvalue weighted by Gasteiger charge is 2.25. The second-order valence-corrected chi connectivity index (χ2v) is 6.15. The van der Waals surface area contributed by atoms with Crippen LogP contribution in [-0.4, -0.2) is 45.3 Å². The van der Waals surface area contributed by atoms with Crippen molar-refractivity contribution in [1.82, 2.24) is 19.7 Å². The fraction of sp³-hybridized carbons (Fsp3) is 0.500. The molecule has 3 rings (SSSR count). The SMILES string of the molecule is CCCCOc1ccc(C(=O)N2CCC[C@@H](n3cncn3)C2)cc1. The normalized spacial score (nSPS) is 17.7. The summed E-state index contributed by atoms with van der Waals surface area (Å²) in [6.45, 7) is 4.32. The van der Waals surface area contributed by atoms with Gasteiger partial charge < -0.3 is 9.64 Å². The third-order valence-corrected chi connectivity index (χ3v) is 4.36. The highest BCUT2D eigenvalue weighted by molar-refractivity contribution is 5.94. The average Bonchev–Trinajstić information content (AvgIpc) is 3.17. The lowest BCUT2D eigenvalue weighted by atomic mass is 10.0. The van der Waals surface area contributed by atoms with Crippen LogP contribution in [0.25, 0.3) is 0 Å². The van der Waals surface area contributed by atoms with Crippen LogP contribution in [0.3, 0.4) is 0 Å². The van der Waals surface area contributed by atoms with Gasteiger partial charge in [0.15, 0.2) is 0 Å². The van der Waals surface area contributed by atoms with Gasteiger partial charge >= 0.3 is 0 Å². The van der Waals surface area contributed by atoms with Crippen molar-refractivity contribution in [3.05, 3.63) is 42.5 Å². The molecule has 1 aromatic carbocycles. The molecule has 6 heteroatoms. The number of ether oxygens (including phenoxy) is 1. The smallest absolute Gasteiger partial charge is 0.253 e. The molecule has 1 atom stereocenters. The van der Waals surface area contributed by atoms with Gasteiger partial charge in [-0.1, -0.05) is 13.3 Å². The van der Waals surface area contributed by atoms with Crippen LogP contribution in [-0.2, 0) is 0 Å². The number of nitrogens with zero attached hydrogens (tertiary/aromatic N) is 4. The van der Waals surface area contributed by atoms with E-state index in [1.165, 1.54) is 6.33 Å². The molecule has 24 heavy (non-hydrogen) atoms. The van der Waals surface area contributed by atoms with E-state index in [9.17, 15) is 4.79 Å². The highest BCUT2D eigenvalue weighted by atomic mass is 16.5. The molecule has 1 amide bonds. The summed E-state index contributed by atoms with van der Waals surface area (Å²) in [6.07, 6.45) is 7.42. The Morgan fingerprint density at radius 2 is 2.17 bits per heavy atom. The van der Waals surface area contributed by atoms with E-state index in [2.05, 4.69) is 17.0 Å². The minimum Gasteiger partial charge on any atom is -0.494 e. The molecular formula is C18H24N4O2. The number of hydrogen-bond donors (Lipinski definition) is 0. The Morgan fingerprint density at radius 1 is 1.33 bits per heavy atom. The molecule has 0 radical (unpaired) electrons. The lowest BCUT2D eigenvalue weighted by Crippen LogP contribution is -2.40. The van der Waals surface area contributed by atoms with Gasteiger partial charge in [0, 0.05) is 18.7 Å². The molecule has 2 aromatic rings.